The van der Waals surface area contributed by atoms with Gasteiger partial charge in [0, 0.05) is 6.42 Å². The molecule has 2 bridgehead atoms. The van der Waals surface area contributed by atoms with Gasteiger partial charge in [0.25, 0.3) is 0 Å². The van der Waals surface area contributed by atoms with Gasteiger partial charge in [-0.05, 0) is 0 Å². The Kier molecular flexibility index (Phi) is 6.76. The van der Waals surface area contributed by atoms with E-state index in [2.05, 4.69) is 15.2 Å². The Hall–Kier alpha value is -0.960. The molecule has 2 saturated heterocycles. The first-order valence-electron chi connectivity index (χ1n) is 6.27. The number of amides is 3. The number of quaternary nitrogens is 1. The molecule has 12 nitrogen and oxygen atoms in total. The normalized spacial score (nSPS) is 25.5. The molecule has 2 heterocycles. The number of carbonyl (C=O) groups excluding carboxylic acids is 2. The molecule has 0 aliphatic carbocycles. The molecule has 2 atom stereocenters. The van der Waals surface area contributed by atoms with E-state index < -0.39 is 34.4 Å². The second-order valence-electron chi connectivity index (χ2n) is 4.65. The molecule has 0 unspecified atom stereocenters. The van der Waals surface area contributed by atoms with Crippen molar-refractivity contribution in [2.45, 2.75) is 18.5 Å². The van der Waals surface area contributed by atoms with Crippen molar-refractivity contribution in [2.24, 2.45) is 10.9 Å². The van der Waals surface area contributed by atoms with E-state index in [1.54, 1.807) is 0 Å². The molecular formula is C9H15N5NaO7S+. The number of primary amides is 1. The van der Waals surface area contributed by atoms with E-state index in [4.69, 9.17) is 10.6 Å². The Labute approximate surface area is 153 Å². The van der Waals surface area contributed by atoms with Gasteiger partial charge in [0.2, 0.25) is 16.3 Å². The largest absolute Gasteiger partial charge is 1.00 e. The Morgan fingerprint density at radius 1 is 1.52 bits per heavy atom. The Balaban J connectivity index is 0.00000264. The van der Waals surface area contributed by atoms with Crippen LogP contribution in [0, 0.1) is 0 Å². The van der Waals surface area contributed by atoms with Crippen LogP contribution in [-0.2, 0) is 24.3 Å². The topological polar surface area (TPSA) is 182 Å². The summed E-state index contributed by atoms with van der Waals surface area (Å²) < 4.78 is 36.4. The number of fused-ring (bicyclic) bond motifs is 2. The Morgan fingerprint density at radius 2 is 2.17 bits per heavy atom. The fourth-order valence-corrected chi connectivity index (χ4v) is 2.64. The number of hydroxylamine groups is 2. The summed E-state index contributed by atoms with van der Waals surface area (Å²) >= 11 is 0. The van der Waals surface area contributed by atoms with Crippen LogP contribution in [0.2, 0.25) is 0 Å². The molecule has 2 rings (SSSR count). The molecule has 5 N–H and O–H groups in total. The number of hydrogen-bond acceptors (Lipinski definition) is 8. The number of nitrogens with zero attached hydrogens (tertiary/aromatic N) is 3. The van der Waals surface area contributed by atoms with Crippen LogP contribution in [0.15, 0.2) is 5.16 Å². The monoisotopic (exact) mass is 360 g/mol. The summed E-state index contributed by atoms with van der Waals surface area (Å²) in [5.74, 6) is -0.788. The summed E-state index contributed by atoms with van der Waals surface area (Å²) in [6.07, 6.45) is -0.0400. The van der Waals surface area contributed by atoms with Crippen LogP contribution < -0.4 is 41.0 Å². The number of oxime groups is 1. The van der Waals surface area contributed by atoms with Gasteiger partial charge < -0.3 is 25.8 Å². The molecule has 0 aromatic carbocycles. The van der Waals surface area contributed by atoms with E-state index in [-0.39, 0.29) is 54.8 Å². The van der Waals surface area contributed by atoms with Crippen LogP contribution in [-0.4, -0.2) is 72.4 Å². The minimum Gasteiger partial charge on any atom is -0.724 e. The zero-order valence-corrected chi connectivity index (χ0v) is 15.2. The molecule has 2 aliphatic heterocycles. The van der Waals surface area contributed by atoms with Gasteiger partial charge in [-0.15, -0.1) is 0 Å². The zero-order valence-electron chi connectivity index (χ0n) is 12.4. The minimum absolute atomic E-state index is 0. The number of rotatable bonds is 6. The van der Waals surface area contributed by atoms with Crippen LogP contribution in [0.4, 0.5) is 4.79 Å². The van der Waals surface area contributed by atoms with E-state index in [9.17, 15) is 22.6 Å². The van der Waals surface area contributed by atoms with E-state index in [0.29, 0.717) is 11.6 Å². The van der Waals surface area contributed by atoms with Gasteiger partial charge in [0.1, 0.15) is 18.6 Å². The summed E-state index contributed by atoms with van der Waals surface area (Å²) in [5, 5.41) is 4.14. The first kappa shape index (κ1) is 20.1. The summed E-state index contributed by atoms with van der Waals surface area (Å²) in [6.45, 7) is 0.533. The van der Waals surface area contributed by atoms with Crippen molar-refractivity contribution in [1.82, 2.24) is 9.96 Å². The minimum atomic E-state index is -5.16. The molecule has 3 amide bonds. The molecule has 2 aliphatic rings. The van der Waals surface area contributed by atoms with E-state index in [1.807, 2.05) is 0 Å². The van der Waals surface area contributed by atoms with Gasteiger partial charge in [0.05, 0.1) is 12.3 Å². The fourth-order valence-electron chi connectivity index (χ4n) is 2.27. The van der Waals surface area contributed by atoms with Crippen molar-refractivity contribution in [1.29, 1.82) is 0 Å². The SMILES string of the molecule is NC(=O)[C@@H]1C/C(=N/OCC[NH3+])[C@@H]2CN1C(=O)N2OS(=O)(=O)[O-].[Na+]. The average Bonchev–Trinajstić information content (AvgIpc) is 2.66. The summed E-state index contributed by atoms with van der Waals surface area (Å²) in [7, 11) is -5.16. The van der Waals surface area contributed by atoms with Crippen LogP contribution >= 0.6 is 0 Å². The number of carbonyl (C=O) groups is 2. The smallest absolute Gasteiger partial charge is 0.724 e. The van der Waals surface area contributed by atoms with Gasteiger partial charge in [-0.1, -0.05) is 5.16 Å². The molecule has 0 aromatic rings. The second kappa shape index (κ2) is 7.74. The quantitative estimate of drug-likeness (QED) is 0.155. The summed E-state index contributed by atoms with van der Waals surface area (Å²) in [6, 6.07) is -2.92. The molecule has 14 heteroatoms. The van der Waals surface area contributed by atoms with Crippen molar-refractivity contribution in [3.8, 4) is 0 Å². The van der Waals surface area contributed by atoms with Crippen molar-refractivity contribution in [3.05, 3.63) is 0 Å². The first-order valence-corrected chi connectivity index (χ1v) is 7.60. The Morgan fingerprint density at radius 3 is 2.70 bits per heavy atom. The third-order valence-corrected chi connectivity index (χ3v) is 3.51. The molecule has 124 valence electrons. The number of hydrogen-bond donors (Lipinski definition) is 2. The first-order chi connectivity index (χ1) is 10.2. The van der Waals surface area contributed by atoms with Crippen LogP contribution in [0.1, 0.15) is 6.42 Å². The van der Waals surface area contributed by atoms with Crippen LogP contribution in [0.3, 0.4) is 0 Å². The number of urea groups is 1. The number of piperidine rings is 1. The summed E-state index contributed by atoms with van der Waals surface area (Å²) in [4.78, 5) is 29.5. The fraction of sp³-hybridized carbons (Fsp3) is 0.667. The van der Waals surface area contributed by atoms with Gasteiger partial charge in [-0.25, -0.2) is 13.2 Å². The van der Waals surface area contributed by atoms with E-state index in [1.165, 1.54) is 0 Å². The van der Waals surface area contributed by atoms with Crippen molar-refractivity contribution >= 4 is 28.0 Å². The van der Waals surface area contributed by atoms with Gasteiger partial charge in [-0.3, -0.25) is 4.79 Å². The van der Waals surface area contributed by atoms with Gasteiger partial charge in [0.15, 0.2) is 6.61 Å². The third kappa shape index (κ3) is 4.53. The maximum Gasteiger partial charge on any atom is 1.00 e. The summed E-state index contributed by atoms with van der Waals surface area (Å²) in [5.41, 5.74) is 8.96. The van der Waals surface area contributed by atoms with Crippen LogP contribution in [0.5, 0.6) is 0 Å². The predicted molar refractivity (Wildman–Crippen MR) is 67.3 cm³/mol. The molecule has 0 spiro atoms. The maximum absolute atomic E-state index is 12.1. The van der Waals surface area contributed by atoms with Gasteiger partial charge >= 0.3 is 35.6 Å². The van der Waals surface area contributed by atoms with Crippen molar-refractivity contribution in [3.63, 3.8) is 0 Å². The van der Waals surface area contributed by atoms with Crippen molar-refractivity contribution in [2.75, 3.05) is 19.7 Å². The maximum atomic E-state index is 12.1. The third-order valence-electron chi connectivity index (χ3n) is 3.17. The molecule has 0 saturated carbocycles. The molecule has 0 aromatic heterocycles. The number of nitrogens with two attached hydrogens (primary N) is 1. The average molecular weight is 360 g/mol. The second-order valence-corrected chi connectivity index (χ2v) is 5.62. The van der Waals surface area contributed by atoms with E-state index in [0.717, 1.165) is 4.90 Å². The molecule has 23 heavy (non-hydrogen) atoms. The molecular weight excluding hydrogens is 345 g/mol. The van der Waals surface area contributed by atoms with Crippen molar-refractivity contribution < 1.29 is 67.0 Å². The predicted octanol–water partition coefficient (Wildman–Crippen LogP) is -6.64. The Bertz CT molecular complexity index is 611. The van der Waals surface area contributed by atoms with Gasteiger partial charge in [-0.2, -0.15) is 9.35 Å². The standard InChI is InChI=1S/C9H15N5O7S.Na/c10-1-2-20-12-5-3-6(8(11)15)13-4-7(5)14(9(13)16)21-22(17,18)19;/h6-7H,1-4,10H2,(H2,11,15)(H,17,18,19);/q;+1/b12-5-;/t6-,7-;/m0./s1. The van der Waals surface area contributed by atoms with Crippen LogP contribution in [0.25, 0.3) is 0 Å². The van der Waals surface area contributed by atoms with E-state index >= 15 is 0 Å². The molecule has 2 fully saturated rings. The molecule has 0 radical (unpaired) electrons. The zero-order chi connectivity index (χ0) is 16.5.